The van der Waals surface area contributed by atoms with Crippen LogP contribution < -0.4 is 4.74 Å². The molecule has 1 saturated carbocycles. The minimum absolute atomic E-state index is 0.0718. The minimum atomic E-state index is 0.0718. The summed E-state index contributed by atoms with van der Waals surface area (Å²) < 4.78 is 6.10. The Morgan fingerprint density at radius 1 is 0.966 bits per heavy atom. The summed E-state index contributed by atoms with van der Waals surface area (Å²) >= 11 is 0. The van der Waals surface area contributed by atoms with Crippen LogP contribution in [0.3, 0.4) is 0 Å². The predicted octanol–water partition coefficient (Wildman–Crippen LogP) is 4.91. The molecule has 0 unspecified atom stereocenters. The summed E-state index contributed by atoms with van der Waals surface area (Å²) in [6.45, 7) is 7.79. The molecule has 154 valence electrons. The molecule has 1 amide bonds. The van der Waals surface area contributed by atoms with Gasteiger partial charge in [-0.2, -0.15) is 0 Å². The molecule has 1 aliphatic carbocycles. The molecule has 0 aromatic heterocycles. The van der Waals surface area contributed by atoms with Gasteiger partial charge in [-0.25, -0.2) is 0 Å². The lowest BCUT2D eigenvalue weighted by molar-refractivity contribution is 0.0773. The third-order valence-corrected chi connectivity index (χ3v) is 6.49. The Morgan fingerprint density at radius 3 is 2.24 bits per heavy atom. The number of fused-ring (bicyclic) bond motifs is 1. The highest BCUT2D eigenvalue weighted by Crippen LogP contribution is 2.30. The average Bonchev–Trinajstić information content (AvgIpc) is 2.91. The normalized spacial score (nSPS) is 17.2. The fourth-order valence-corrected chi connectivity index (χ4v) is 4.39. The molecule has 0 radical (unpaired) electrons. The van der Waals surface area contributed by atoms with Gasteiger partial charge in [-0.1, -0.05) is 12.5 Å². The van der Waals surface area contributed by atoms with Crippen molar-refractivity contribution in [1.29, 1.82) is 0 Å². The van der Waals surface area contributed by atoms with Crippen LogP contribution in [-0.2, 0) is 12.8 Å². The third-order valence-electron chi connectivity index (χ3n) is 6.49. The lowest BCUT2D eigenvalue weighted by Crippen LogP contribution is -2.41. The monoisotopic (exact) mass is 392 g/mol. The van der Waals surface area contributed by atoms with Crippen molar-refractivity contribution in [1.82, 2.24) is 9.80 Å². The molecule has 0 spiro atoms. The SMILES string of the molecule is CCN(CC)C(=O)c1ccc(Oc2ccc3c(c2)CCN(C2CCC2)CC3)cc1. The Bertz CT molecular complexity index is 838. The van der Waals surface area contributed by atoms with E-state index in [1.807, 2.05) is 43.0 Å². The number of nitrogens with zero attached hydrogens (tertiary/aromatic N) is 2. The number of rotatable bonds is 6. The number of carbonyl (C=O) groups excluding carboxylic acids is 1. The number of ether oxygens (including phenoxy) is 1. The van der Waals surface area contributed by atoms with Crippen molar-refractivity contribution >= 4 is 5.91 Å². The number of carbonyl (C=O) groups is 1. The average molecular weight is 393 g/mol. The fourth-order valence-electron chi connectivity index (χ4n) is 4.39. The van der Waals surface area contributed by atoms with Gasteiger partial charge in [0.2, 0.25) is 0 Å². The lowest BCUT2D eigenvalue weighted by Gasteiger charge is -2.36. The van der Waals surface area contributed by atoms with Gasteiger partial charge in [0.05, 0.1) is 0 Å². The zero-order chi connectivity index (χ0) is 20.2. The number of hydrogen-bond acceptors (Lipinski definition) is 3. The van der Waals surface area contributed by atoms with E-state index >= 15 is 0 Å². The van der Waals surface area contributed by atoms with Crippen molar-refractivity contribution in [2.45, 2.75) is 52.0 Å². The first-order valence-corrected chi connectivity index (χ1v) is 11.1. The first-order valence-electron chi connectivity index (χ1n) is 11.1. The highest BCUT2D eigenvalue weighted by atomic mass is 16.5. The van der Waals surface area contributed by atoms with Crippen LogP contribution in [0.4, 0.5) is 0 Å². The Balaban J connectivity index is 1.41. The van der Waals surface area contributed by atoms with Gasteiger partial charge >= 0.3 is 0 Å². The maximum atomic E-state index is 12.5. The molecule has 1 aliphatic heterocycles. The largest absolute Gasteiger partial charge is 0.457 e. The molecule has 1 heterocycles. The van der Waals surface area contributed by atoms with E-state index in [-0.39, 0.29) is 5.91 Å². The topological polar surface area (TPSA) is 32.8 Å². The molecule has 0 bridgehead atoms. The lowest BCUT2D eigenvalue weighted by atomic mass is 9.91. The summed E-state index contributed by atoms with van der Waals surface area (Å²) in [6.07, 6.45) is 6.37. The first-order chi connectivity index (χ1) is 14.2. The summed E-state index contributed by atoms with van der Waals surface area (Å²) in [6, 6.07) is 14.8. The van der Waals surface area contributed by atoms with E-state index in [9.17, 15) is 4.79 Å². The second-order valence-corrected chi connectivity index (χ2v) is 8.16. The van der Waals surface area contributed by atoms with Crippen molar-refractivity contribution in [3.8, 4) is 11.5 Å². The molecule has 0 saturated heterocycles. The van der Waals surface area contributed by atoms with Gasteiger partial charge in [-0.15, -0.1) is 0 Å². The minimum Gasteiger partial charge on any atom is -0.457 e. The van der Waals surface area contributed by atoms with Gasteiger partial charge in [-0.05, 0) is 87.1 Å². The molecule has 4 rings (SSSR count). The van der Waals surface area contributed by atoms with Crippen molar-refractivity contribution in [2.75, 3.05) is 26.2 Å². The maximum Gasteiger partial charge on any atom is 0.253 e. The third kappa shape index (κ3) is 4.48. The molecule has 2 aromatic carbocycles. The van der Waals surface area contributed by atoms with E-state index in [1.54, 1.807) is 0 Å². The van der Waals surface area contributed by atoms with Crippen LogP contribution in [0.2, 0.25) is 0 Å². The van der Waals surface area contributed by atoms with E-state index in [2.05, 4.69) is 23.1 Å². The van der Waals surface area contributed by atoms with Gasteiger partial charge in [0.1, 0.15) is 11.5 Å². The molecular formula is C25H32N2O2. The van der Waals surface area contributed by atoms with Crippen LogP contribution in [-0.4, -0.2) is 47.9 Å². The molecule has 0 N–H and O–H groups in total. The molecule has 2 aliphatic rings. The Hall–Kier alpha value is -2.33. The molecule has 0 atom stereocenters. The fraction of sp³-hybridized carbons (Fsp3) is 0.480. The Morgan fingerprint density at radius 2 is 1.62 bits per heavy atom. The standard InChI is InChI=1S/C25H32N2O2/c1-3-26(4-2)25(28)20-9-11-23(12-10-20)29-24-13-8-19-14-16-27(22-6-5-7-22)17-15-21(19)18-24/h8-13,18,22H,3-7,14-17H2,1-2H3. The van der Waals surface area contributed by atoms with Crippen molar-refractivity contribution in [3.63, 3.8) is 0 Å². The van der Waals surface area contributed by atoms with Gasteiger partial charge < -0.3 is 9.64 Å². The van der Waals surface area contributed by atoms with Gasteiger partial charge in [-0.3, -0.25) is 9.69 Å². The maximum absolute atomic E-state index is 12.5. The van der Waals surface area contributed by atoms with Crippen LogP contribution in [0, 0.1) is 0 Å². The molecular weight excluding hydrogens is 360 g/mol. The van der Waals surface area contributed by atoms with Crippen molar-refractivity contribution < 1.29 is 9.53 Å². The van der Waals surface area contributed by atoms with E-state index < -0.39 is 0 Å². The van der Waals surface area contributed by atoms with Crippen molar-refractivity contribution in [3.05, 3.63) is 59.2 Å². The second-order valence-electron chi connectivity index (χ2n) is 8.16. The van der Waals surface area contributed by atoms with E-state index in [1.165, 1.54) is 36.9 Å². The first kappa shape index (κ1) is 20.0. The summed E-state index contributed by atoms with van der Waals surface area (Å²) in [5.41, 5.74) is 3.58. The zero-order valence-electron chi connectivity index (χ0n) is 17.7. The second kappa shape index (κ2) is 9.00. The highest BCUT2D eigenvalue weighted by molar-refractivity contribution is 5.94. The molecule has 2 aromatic rings. The summed E-state index contributed by atoms with van der Waals surface area (Å²) in [5.74, 6) is 1.72. The van der Waals surface area contributed by atoms with Crippen LogP contribution in [0.5, 0.6) is 11.5 Å². The molecule has 4 nitrogen and oxygen atoms in total. The van der Waals surface area contributed by atoms with Gasteiger partial charge in [0.15, 0.2) is 0 Å². The zero-order valence-corrected chi connectivity index (χ0v) is 17.7. The Kier molecular flexibility index (Phi) is 6.19. The molecule has 29 heavy (non-hydrogen) atoms. The quantitative estimate of drug-likeness (QED) is 0.700. The summed E-state index contributed by atoms with van der Waals surface area (Å²) in [7, 11) is 0. The van der Waals surface area contributed by atoms with Crippen LogP contribution in [0.25, 0.3) is 0 Å². The Labute approximate surface area is 174 Å². The molecule has 4 heteroatoms. The van der Waals surface area contributed by atoms with E-state index in [0.717, 1.165) is 50.0 Å². The van der Waals surface area contributed by atoms with E-state index in [0.29, 0.717) is 5.56 Å². The highest BCUT2D eigenvalue weighted by Gasteiger charge is 2.26. The van der Waals surface area contributed by atoms with E-state index in [4.69, 9.17) is 4.74 Å². The van der Waals surface area contributed by atoms with Gasteiger partial charge in [0, 0.05) is 37.8 Å². The summed E-state index contributed by atoms with van der Waals surface area (Å²) in [5, 5.41) is 0. The number of benzene rings is 2. The van der Waals surface area contributed by atoms with Gasteiger partial charge in [0.25, 0.3) is 5.91 Å². The smallest absolute Gasteiger partial charge is 0.253 e. The number of hydrogen-bond donors (Lipinski definition) is 0. The van der Waals surface area contributed by atoms with Crippen LogP contribution in [0.1, 0.15) is 54.6 Å². The van der Waals surface area contributed by atoms with Crippen molar-refractivity contribution in [2.24, 2.45) is 0 Å². The predicted molar refractivity (Wildman–Crippen MR) is 117 cm³/mol. The van der Waals surface area contributed by atoms with Crippen LogP contribution >= 0.6 is 0 Å². The number of amides is 1. The van der Waals surface area contributed by atoms with Crippen LogP contribution in [0.15, 0.2) is 42.5 Å². The molecule has 1 fully saturated rings. The summed E-state index contributed by atoms with van der Waals surface area (Å²) in [4.78, 5) is 17.0.